The van der Waals surface area contributed by atoms with E-state index in [9.17, 15) is 9.59 Å². The van der Waals surface area contributed by atoms with Gasteiger partial charge in [0.05, 0.1) is 6.67 Å². The summed E-state index contributed by atoms with van der Waals surface area (Å²) in [5.41, 5.74) is 0.775. The Hall–Kier alpha value is -2.43. The van der Waals surface area contributed by atoms with E-state index in [2.05, 4.69) is 44.4 Å². The van der Waals surface area contributed by atoms with Gasteiger partial charge in [0.1, 0.15) is 11.2 Å². The number of hydrogen-bond donors (Lipinski definition) is 2. The predicted octanol–water partition coefficient (Wildman–Crippen LogP) is 1.63. The number of allylic oxidation sites excluding steroid dienone is 1. The van der Waals surface area contributed by atoms with Gasteiger partial charge < -0.3 is 10.2 Å². The van der Waals surface area contributed by atoms with Gasteiger partial charge in [-0.3, -0.25) is 24.6 Å². The molecule has 0 aliphatic rings. The zero-order valence-electron chi connectivity index (χ0n) is 16.0. The second-order valence-electron chi connectivity index (χ2n) is 6.04. The Balaban J connectivity index is 2.04. The highest BCUT2D eigenvalue weighted by Crippen LogP contribution is 2.24. The number of aromatic amines is 1. The summed E-state index contributed by atoms with van der Waals surface area (Å²) in [4.78, 5) is 36.8. The molecule has 0 atom stereocenters. The molecule has 0 unspecified atom stereocenters. The standard InChI is InChI=1S/C17H25N7O2S/c1-5-7-12(18-11-24(4)9-8-23(3)6-2)16(26)20-15-14-17(22-21-15)27-13(10-25)19-14/h5,7,10H,6,8-9,11H2,1-4H3,(H2,20,21,22,26)/b7-5-,18-12+. The van der Waals surface area contributed by atoms with Gasteiger partial charge in [0.15, 0.2) is 21.9 Å². The van der Waals surface area contributed by atoms with Gasteiger partial charge >= 0.3 is 0 Å². The highest BCUT2D eigenvalue weighted by atomic mass is 32.1. The number of nitrogens with one attached hydrogen (secondary N) is 2. The average molecular weight is 392 g/mol. The number of aliphatic imine (C=N–C) groups is 1. The predicted molar refractivity (Wildman–Crippen MR) is 109 cm³/mol. The van der Waals surface area contributed by atoms with E-state index in [0.29, 0.717) is 39.8 Å². The molecule has 27 heavy (non-hydrogen) atoms. The van der Waals surface area contributed by atoms with E-state index in [4.69, 9.17) is 0 Å². The van der Waals surface area contributed by atoms with Crippen molar-refractivity contribution < 1.29 is 9.59 Å². The number of likely N-dealkylation sites (N-methyl/N-ethyl adjacent to an activating group) is 2. The molecule has 1 amide bonds. The summed E-state index contributed by atoms with van der Waals surface area (Å²) in [5.74, 6) is -0.00661. The average Bonchev–Trinajstić information content (AvgIpc) is 3.24. The Morgan fingerprint density at radius 2 is 2.07 bits per heavy atom. The van der Waals surface area contributed by atoms with Crippen molar-refractivity contribution in [1.29, 1.82) is 0 Å². The van der Waals surface area contributed by atoms with Gasteiger partial charge in [0, 0.05) is 13.1 Å². The second-order valence-corrected chi connectivity index (χ2v) is 7.05. The summed E-state index contributed by atoms with van der Waals surface area (Å²) in [5, 5.41) is 9.84. The number of hydrogen-bond acceptors (Lipinski definition) is 8. The fourth-order valence-electron chi connectivity index (χ4n) is 2.17. The summed E-state index contributed by atoms with van der Waals surface area (Å²) < 4.78 is 0. The molecule has 0 aliphatic heterocycles. The molecule has 2 N–H and O–H groups in total. The molecule has 2 heterocycles. The SMILES string of the molecule is C/C=C\C(=N/CN(C)CCN(C)CC)C(=O)Nc1[nH]nc2sc(C=O)nc12. The Kier molecular flexibility index (Phi) is 7.77. The maximum absolute atomic E-state index is 12.6. The molecule has 0 bridgehead atoms. The minimum absolute atomic E-state index is 0.307. The lowest BCUT2D eigenvalue weighted by Gasteiger charge is -2.19. The van der Waals surface area contributed by atoms with E-state index in [1.54, 1.807) is 12.2 Å². The third-order valence-electron chi connectivity index (χ3n) is 3.91. The van der Waals surface area contributed by atoms with Gasteiger partial charge in [-0.1, -0.05) is 24.3 Å². The molecule has 0 spiro atoms. The highest BCUT2D eigenvalue weighted by molar-refractivity contribution is 7.19. The van der Waals surface area contributed by atoms with Crippen LogP contribution in [-0.2, 0) is 4.79 Å². The summed E-state index contributed by atoms with van der Waals surface area (Å²) >= 11 is 1.16. The molecule has 0 fully saturated rings. The number of nitrogens with zero attached hydrogens (tertiary/aromatic N) is 5. The molecule has 0 saturated heterocycles. The maximum Gasteiger partial charge on any atom is 0.275 e. The molecule has 2 aromatic rings. The van der Waals surface area contributed by atoms with E-state index in [0.717, 1.165) is 31.0 Å². The van der Waals surface area contributed by atoms with Crippen LogP contribution in [0.15, 0.2) is 17.1 Å². The molecule has 2 rings (SSSR count). The van der Waals surface area contributed by atoms with Crippen LogP contribution < -0.4 is 5.32 Å². The van der Waals surface area contributed by atoms with E-state index in [1.807, 2.05) is 18.9 Å². The Bertz CT molecular complexity index is 840. The molecule has 0 aromatic carbocycles. The molecule has 2 aromatic heterocycles. The second kappa shape index (κ2) is 10.0. The first-order valence-corrected chi connectivity index (χ1v) is 9.45. The van der Waals surface area contributed by atoms with Crippen LogP contribution in [0.2, 0.25) is 0 Å². The zero-order valence-corrected chi connectivity index (χ0v) is 16.8. The molecular weight excluding hydrogens is 366 g/mol. The van der Waals surface area contributed by atoms with Gasteiger partial charge in [-0.25, -0.2) is 4.98 Å². The number of amides is 1. The van der Waals surface area contributed by atoms with Crippen molar-refractivity contribution in [2.45, 2.75) is 13.8 Å². The fourth-order valence-corrected chi connectivity index (χ4v) is 2.89. The number of carbonyl (C=O) groups excluding carboxylic acids is 2. The fraction of sp³-hybridized carbons (Fsp3) is 0.471. The molecular formula is C17H25N7O2S. The van der Waals surface area contributed by atoms with Crippen molar-refractivity contribution in [3.8, 4) is 0 Å². The zero-order chi connectivity index (χ0) is 19.8. The largest absolute Gasteiger partial charge is 0.305 e. The lowest BCUT2D eigenvalue weighted by atomic mass is 10.3. The van der Waals surface area contributed by atoms with Gasteiger partial charge in [-0.15, -0.1) is 0 Å². The minimum atomic E-state index is -0.363. The van der Waals surface area contributed by atoms with E-state index in [1.165, 1.54) is 0 Å². The van der Waals surface area contributed by atoms with Crippen LogP contribution in [0.25, 0.3) is 10.3 Å². The summed E-state index contributed by atoms with van der Waals surface area (Å²) in [6, 6.07) is 0. The molecule has 0 radical (unpaired) electrons. The van der Waals surface area contributed by atoms with Gasteiger partial charge in [-0.05, 0) is 33.6 Å². The smallest absolute Gasteiger partial charge is 0.275 e. The number of aldehydes is 1. The third kappa shape index (κ3) is 5.78. The first-order valence-electron chi connectivity index (χ1n) is 8.64. The van der Waals surface area contributed by atoms with Crippen molar-refractivity contribution >= 4 is 45.4 Å². The first-order chi connectivity index (χ1) is 13.0. The van der Waals surface area contributed by atoms with Crippen molar-refractivity contribution in [3.63, 3.8) is 0 Å². The van der Waals surface area contributed by atoms with E-state index in [-0.39, 0.29) is 5.91 Å². The van der Waals surface area contributed by atoms with Gasteiger partial charge in [0.2, 0.25) is 0 Å². The van der Waals surface area contributed by atoms with Crippen LogP contribution >= 0.6 is 11.3 Å². The quantitative estimate of drug-likeness (QED) is 0.471. The Morgan fingerprint density at radius 3 is 2.74 bits per heavy atom. The Morgan fingerprint density at radius 1 is 1.33 bits per heavy atom. The molecule has 146 valence electrons. The lowest BCUT2D eigenvalue weighted by Crippen LogP contribution is -2.31. The maximum atomic E-state index is 12.6. The van der Waals surface area contributed by atoms with Crippen LogP contribution in [0.5, 0.6) is 0 Å². The van der Waals surface area contributed by atoms with Crippen molar-refractivity contribution in [1.82, 2.24) is 25.0 Å². The molecule has 0 aliphatic carbocycles. The lowest BCUT2D eigenvalue weighted by molar-refractivity contribution is -0.110. The van der Waals surface area contributed by atoms with Crippen LogP contribution in [0.4, 0.5) is 5.82 Å². The van der Waals surface area contributed by atoms with Crippen molar-refractivity contribution in [3.05, 3.63) is 17.2 Å². The van der Waals surface area contributed by atoms with Crippen molar-refractivity contribution in [2.75, 3.05) is 45.7 Å². The molecule has 10 heteroatoms. The van der Waals surface area contributed by atoms with Crippen LogP contribution in [-0.4, -0.2) is 83.3 Å². The van der Waals surface area contributed by atoms with Gasteiger partial charge in [0.25, 0.3) is 5.91 Å². The third-order valence-corrected chi connectivity index (χ3v) is 4.79. The van der Waals surface area contributed by atoms with Crippen LogP contribution in [0.1, 0.15) is 23.6 Å². The van der Waals surface area contributed by atoms with E-state index < -0.39 is 0 Å². The van der Waals surface area contributed by atoms with Gasteiger partial charge in [-0.2, -0.15) is 5.10 Å². The number of aromatic nitrogens is 3. The summed E-state index contributed by atoms with van der Waals surface area (Å²) in [6.45, 7) is 7.13. The summed E-state index contributed by atoms with van der Waals surface area (Å²) in [6.07, 6.45) is 4.09. The topological polar surface area (TPSA) is 107 Å². The van der Waals surface area contributed by atoms with E-state index >= 15 is 0 Å². The monoisotopic (exact) mass is 391 g/mol. The normalized spacial score (nSPS) is 12.6. The number of thiazole rings is 1. The molecule has 9 nitrogen and oxygen atoms in total. The van der Waals surface area contributed by atoms with Crippen LogP contribution in [0, 0.1) is 0 Å². The Labute approximate surface area is 162 Å². The number of fused-ring (bicyclic) bond motifs is 1. The number of H-pyrrole nitrogens is 1. The van der Waals surface area contributed by atoms with Crippen LogP contribution in [0.3, 0.4) is 0 Å². The first kappa shape index (κ1) is 20.9. The number of anilines is 1. The number of rotatable bonds is 10. The summed E-state index contributed by atoms with van der Waals surface area (Å²) in [7, 11) is 4.03. The highest BCUT2D eigenvalue weighted by Gasteiger charge is 2.16. The number of carbonyl (C=O) groups is 2. The van der Waals surface area contributed by atoms with Crippen molar-refractivity contribution in [2.24, 2.45) is 4.99 Å². The molecule has 0 saturated carbocycles. The minimum Gasteiger partial charge on any atom is -0.305 e.